The average molecular weight is 263 g/mol. The van der Waals surface area contributed by atoms with Gasteiger partial charge in [0.2, 0.25) is 0 Å². The normalized spacial score (nSPS) is 11.5. The van der Waals surface area contributed by atoms with E-state index < -0.39 is 16.3 Å². The number of hydrogen-bond acceptors (Lipinski definition) is 6. The van der Waals surface area contributed by atoms with Crippen LogP contribution < -0.4 is 4.72 Å². The van der Waals surface area contributed by atoms with E-state index in [4.69, 9.17) is 0 Å². The highest BCUT2D eigenvalue weighted by Crippen LogP contribution is 2.01. The summed E-state index contributed by atoms with van der Waals surface area (Å²) in [4.78, 5) is 14.8. The molecule has 10 heteroatoms. The fourth-order valence-corrected chi connectivity index (χ4v) is 1.70. The van der Waals surface area contributed by atoms with Gasteiger partial charge in [-0.1, -0.05) is 0 Å². The maximum Gasteiger partial charge on any atom is 0.421 e. The molecule has 0 bridgehead atoms. The van der Waals surface area contributed by atoms with Crippen LogP contribution in [0.4, 0.5) is 4.79 Å². The SMILES string of the molecule is COC(=O)NS(=O)(=O)N(C)Cc1n[nH]c(C)n1. The van der Waals surface area contributed by atoms with E-state index in [9.17, 15) is 13.2 Å². The smallest absolute Gasteiger partial charge is 0.421 e. The molecule has 0 aliphatic rings. The van der Waals surface area contributed by atoms with Gasteiger partial charge in [-0.2, -0.15) is 17.8 Å². The van der Waals surface area contributed by atoms with Gasteiger partial charge in [0.05, 0.1) is 13.7 Å². The summed E-state index contributed by atoms with van der Waals surface area (Å²) in [5, 5.41) is 6.37. The van der Waals surface area contributed by atoms with Crippen LogP contribution in [0.1, 0.15) is 11.6 Å². The van der Waals surface area contributed by atoms with Gasteiger partial charge in [0, 0.05) is 7.05 Å². The van der Waals surface area contributed by atoms with E-state index >= 15 is 0 Å². The first-order valence-corrected chi connectivity index (χ1v) is 5.99. The third-order valence-electron chi connectivity index (χ3n) is 1.82. The largest absolute Gasteiger partial charge is 0.452 e. The molecule has 0 spiro atoms. The molecule has 0 atom stereocenters. The topological polar surface area (TPSA) is 117 Å². The molecule has 2 N–H and O–H groups in total. The van der Waals surface area contributed by atoms with Crippen molar-refractivity contribution in [2.45, 2.75) is 13.5 Å². The number of nitrogens with zero attached hydrogens (tertiary/aromatic N) is 3. The van der Waals surface area contributed by atoms with Gasteiger partial charge in [-0.25, -0.2) is 14.5 Å². The second-order valence-electron chi connectivity index (χ2n) is 3.19. The van der Waals surface area contributed by atoms with Gasteiger partial charge < -0.3 is 4.74 Å². The summed E-state index contributed by atoms with van der Waals surface area (Å²) < 4.78 is 29.9. The Hall–Kier alpha value is -1.68. The summed E-state index contributed by atoms with van der Waals surface area (Å²) in [5.74, 6) is 0.881. The summed E-state index contributed by atoms with van der Waals surface area (Å²) >= 11 is 0. The Bertz CT molecular complexity index is 496. The van der Waals surface area contributed by atoms with Crippen molar-refractivity contribution < 1.29 is 17.9 Å². The van der Waals surface area contributed by atoms with Gasteiger partial charge in [-0.15, -0.1) is 0 Å². The molecule has 1 aromatic rings. The molecule has 0 unspecified atom stereocenters. The lowest BCUT2D eigenvalue weighted by atomic mass is 10.6. The Morgan fingerprint density at radius 2 is 2.24 bits per heavy atom. The van der Waals surface area contributed by atoms with E-state index in [0.29, 0.717) is 11.6 Å². The zero-order valence-electron chi connectivity index (χ0n) is 9.59. The summed E-state index contributed by atoms with van der Waals surface area (Å²) in [5.41, 5.74) is 0. The summed E-state index contributed by atoms with van der Waals surface area (Å²) in [6.07, 6.45) is -1.05. The highest BCUT2D eigenvalue weighted by Gasteiger charge is 2.22. The van der Waals surface area contributed by atoms with Crippen LogP contribution in [0.15, 0.2) is 0 Å². The third kappa shape index (κ3) is 3.67. The van der Waals surface area contributed by atoms with Crippen molar-refractivity contribution >= 4 is 16.3 Å². The number of H-pyrrole nitrogens is 1. The zero-order chi connectivity index (χ0) is 13.1. The van der Waals surface area contributed by atoms with E-state index in [0.717, 1.165) is 11.4 Å². The predicted octanol–water partition coefficient (Wildman–Crippen LogP) is -0.854. The first kappa shape index (κ1) is 13.4. The maximum absolute atomic E-state index is 11.6. The molecule has 17 heavy (non-hydrogen) atoms. The molecule has 0 fully saturated rings. The number of ether oxygens (including phenoxy) is 1. The van der Waals surface area contributed by atoms with Crippen LogP contribution in [0.5, 0.6) is 0 Å². The zero-order valence-corrected chi connectivity index (χ0v) is 10.4. The van der Waals surface area contributed by atoms with Crippen molar-refractivity contribution in [2.75, 3.05) is 14.2 Å². The molecule has 0 saturated heterocycles. The Morgan fingerprint density at radius 1 is 1.59 bits per heavy atom. The van der Waals surface area contributed by atoms with Gasteiger partial charge in [-0.05, 0) is 6.92 Å². The van der Waals surface area contributed by atoms with E-state index in [-0.39, 0.29) is 6.54 Å². The van der Waals surface area contributed by atoms with Crippen LogP contribution >= 0.6 is 0 Å². The molecule has 0 radical (unpaired) electrons. The van der Waals surface area contributed by atoms with Gasteiger partial charge in [-0.3, -0.25) is 5.10 Å². The third-order valence-corrected chi connectivity index (χ3v) is 3.19. The van der Waals surface area contributed by atoms with Crippen molar-refractivity contribution in [3.05, 3.63) is 11.6 Å². The number of carbonyl (C=O) groups excluding carboxylic acids is 1. The standard InChI is InChI=1S/C7H13N5O4S/c1-5-8-6(10-9-5)4-12(2)17(14,15)11-7(13)16-3/h4H2,1-3H3,(H,11,13)(H,8,9,10). The van der Waals surface area contributed by atoms with E-state index in [1.807, 2.05) is 0 Å². The molecular weight excluding hydrogens is 250 g/mol. The van der Waals surface area contributed by atoms with Crippen LogP contribution in [-0.2, 0) is 21.5 Å². The van der Waals surface area contributed by atoms with Crippen molar-refractivity contribution in [1.29, 1.82) is 0 Å². The second kappa shape index (κ2) is 5.10. The number of rotatable bonds is 4. The number of hydrogen-bond donors (Lipinski definition) is 2. The molecule has 0 saturated carbocycles. The molecule has 0 aliphatic heterocycles. The van der Waals surface area contributed by atoms with Gasteiger partial charge in [0.25, 0.3) is 0 Å². The van der Waals surface area contributed by atoms with Crippen molar-refractivity contribution in [3.63, 3.8) is 0 Å². The average Bonchev–Trinajstić information content (AvgIpc) is 2.63. The molecule has 0 aromatic carbocycles. The highest BCUT2D eigenvalue weighted by molar-refractivity contribution is 7.87. The van der Waals surface area contributed by atoms with Crippen molar-refractivity contribution in [1.82, 2.24) is 24.2 Å². The number of methoxy groups -OCH3 is 1. The van der Waals surface area contributed by atoms with Crippen molar-refractivity contribution in [2.24, 2.45) is 0 Å². The van der Waals surface area contributed by atoms with Crippen LogP contribution in [-0.4, -0.2) is 48.2 Å². The Kier molecular flexibility index (Phi) is 4.02. The van der Waals surface area contributed by atoms with Crippen LogP contribution in [0.3, 0.4) is 0 Å². The fraction of sp³-hybridized carbons (Fsp3) is 0.571. The quantitative estimate of drug-likeness (QED) is 0.730. The lowest BCUT2D eigenvalue weighted by Crippen LogP contribution is -2.41. The number of aromatic amines is 1. The van der Waals surface area contributed by atoms with Gasteiger partial charge in [0.15, 0.2) is 5.82 Å². The highest BCUT2D eigenvalue weighted by atomic mass is 32.2. The minimum Gasteiger partial charge on any atom is -0.452 e. The predicted molar refractivity (Wildman–Crippen MR) is 57.0 cm³/mol. The number of carbonyl (C=O) groups is 1. The van der Waals surface area contributed by atoms with Gasteiger partial charge >= 0.3 is 16.3 Å². The van der Waals surface area contributed by atoms with Gasteiger partial charge in [0.1, 0.15) is 5.82 Å². The molecule has 96 valence electrons. The van der Waals surface area contributed by atoms with Crippen LogP contribution in [0.25, 0.3) is 0 Å². The second-order valence-corrected chi connectivity index (χ2v) is 4.97. The Morgan fingerprint density at radius 3 is 2.71 bits per heavy atom. The minimum absolute atomic E-state index is 0.0589. The monoisotopic (exact) mass is 263 g/mol. The molecule has 1 aromatic heterocycles. The van der Waals surface area contributed by atoms with E-state index in [1.165, 1.54) is 7.05 Å². The molecule has 1 rings (SSSR count). The first-order valence-electron chi connectivity index (χ1n) is 4.55. The van der Waals surface area contributed by atoms with Crippen LogP contribution in [0.2, 0.25) is 0 Å². The lowest BCUT2D eigenvalue weighted by Gasteiger charge is -2.14. The maximum atomic E-state index is 11.6. The number of amides is 1. The molecular formula is C7H13N5O4S. The Labute approximate surface area is 98.4 Å². The Balaban J connectivity index is 2.69. The number of nitrogens with one attached hydrogen (secondary N) is 2. The summed E-state index contributed by atoms with van der Waals surface area (Å²) in [6.45, 7) is 1.63. The first-order chi connectivity index (χ1) is 7.85. The number of aromatic nitrogens is 3. The number of aryl methyl sites for hydroxylation is 1. The van der Waals surface area contributed by atoms with E-state index in [2.05, 4.69) is 19.9 Å². The minimum atomic E-state index is -3.95. The fourth-order valence-electron chi connectivity index (χ4n) is 0.969. The van der Waals surface area contributed by atoms with Crippen molar-refractivity contribution in [3.8, 4) is 0 Å². The molecule has 0 aliphatic carbocycles. The lowest BCUT2D eigenvalue weighted by molar-refractivity contribution is 0.177. The summed E-state index contributed by atoms with van der Waals surface area (Å²) in [6, 6.07) is 0. The molecule has 1 amide bonds. The van der Waals surface area contributed by atoms with Crippen LogP contribution in [0, 0.1) is 6.92 Å². The molecule has 9 nitrogen and oxygen atoms in total. The summed E-state index contributed by atoms with van der Waals surface area (Å²) in [7, 11) is -1.58. The van der Waals surface area contributed by atoms with E-state index in [1.54, 1.807) is 11.6 Å². The molecule has 1 heterocycles.